The van der Waals surface area contributed by atoms with Crippen LogP contribution < -0.4 is 0 Å². The molecule has 0 saturated carbocycles. The maximum atomic E-state index is 12.6. The van der Waals surface area contributed by atoms with E-state index in [1.54, 1.807) is 23.1 Å². The fourth-order valence-electron chi connectivity index (χ4n) is 3.18. The molecule has 0 aliphatic carbocycles. The van der Waals surface area contributed by atoms with Gasteiger partial charge in [0.25, 0.3) is 5.91 Å². The highest BCUT2D eigenvalue weighted by Gasteiger charge is 2.38. The molecule has 146 valence electrons. The Balaban J connectivity index is 1.47. The highest BCUT2D eigenvalue weighted by molar-refractivity contribution is 5.92. The molecule has 1 aliphatic heterocycles. The summed E-state index contributed by atoms with van der Waals surface area (Å²) in [5.41, 5.74) is 1.51. The molecule has 28 heavy (non-hydrogen) atoms. The number of halogens is 3. The number of hydrogen-bond donors (Lipinski definition) is 1. The van der Waals surface area contributed by atoms with E-state index in [-0.39, 0.29) is 17.6 Å². The van der Waals surface area contributed by atoms with Crippen LogP contribution in [0.1, 0.15) is 40.8 Å². The van der Waals surface area contributed by atoms with Gasteiger partial charge in [-0.2, -0.15) is 23.3 Å². The molecular weight excluding hydrogens is 377 g/mol. The van der Waals surface area contributed by atoms with Crippen LogP contribution >= 0.6 is 0 Å². The molecule has 0 bridgehead atoms. The van der Waals surface area contributed by atoms with E-state index in [1.165, 1.54) is 12.4 Å². The molecule has 3 aromatic heterocycles. The van der Waals surface area contributed by atoms with Crippen LogP contribution in [0.4, 0.5) is 13.2 Å². The van der Waals surface area contributed by atoms with E-state index in [4.69, 9.17) is 0 Å². The molecule has 1 N–H and O–H groups in total. The molecule has 4 rings (SSSR count). The zero-order chi connectivity index (χ0) is 19.7. The number of hydrogen-bond acceptors (Lipinski definition) is 6. The summed E-state index contributed by atoms with van der Waals surface area (Å²) in [6, 6.07) is 4.94. The van der Waals surface area contributed by atoms with Crippen molar-refractivity contribution in [3.63, 3.8) is 0 Å². The first-order valence-corrected chi connectivity index (χ1v) is 8.57. The lowest BCUT2D eigenvalue weighted by Gasteiger charge is -2.32. The number of aromatic nitrogens is 5. The molecule has 8 nitrogen and oxygen atoms in total. The van der Waals surface area contributed by atoms with Gasteiger partial charge in [0.15, 0.2) is 0 Å². The topological polar surface area (TPSA) is 101 Å². The van der Waals surface area contributed by atoms with Gasteiger partial charge in [-0.3, -0.25) is 14.9 Å². The summed E-state index contributed by atoms with van der Waals surface area (Å²) in [6.07, 6.45) is -0.0637. The van der Waals surface area contributed by atoms with Gasteiger partial charge in [-0.1, -0.05) is 5.16 Å². The Hall–Kier alpha value is -3.24. The van der Waals surface area contributed by atoms with Crippen LogP contribution in [0.3, 0.4) is 0 Å². The summed E-state index contributed by atoms with van der Waals surface area (Å²) in [6.45, 7) is 1.15. The minimum atomic E-state index is -4.69. The average Bonchev–Trinajstić information content (AvgIpc) is 3.39. The Labute approximate surface area is 156 Å². The molecule has 4 heterocycles. The van der Waals surface area contributed by atoms with Crippen LogP contribution in [-0.2, 0) is 6.18 Å². The molecule has 1 saturated heterocycles. The van der Waals surface area contributed by atoms with E-state index < -0.39 is 12.1 Å². The molecule has 0 spiro atoms. The molecule has 1 amide bonds. The predicted molar refractivity (Wildman–Crippen MR) is 89.0 cm³/mol. The van der Waals surface area contributed by atoms with Crippen LogP contribution in [0.15, 0.2) is 35.1 Å². The predicted octanol–water partition coefficient (Wildman–Crippen LogP) is 2.89. The Kier molecular flexibility index (Phi) is 4.57. The zero-order valence-electron chi connectivity index (χ0n) is 14.5. The maximum absolute atomic E-state index is 12.6. The Morgan fingerprint density at radius 1 is 1.29 bits per heavy atom. The molecule has 1 atom stereocenters. The number of carbonyl (C=O) groups excluding carboxylic acids is 1. The average molecular weight is 392 g/mol. The Morgan fingerprint density at radius 2 is 2.14 bits per heavy atom. The van der Waals surface area contributed by atoms with Crippen LogP contribution in [0.5, 0.6) is 0 Å². The van der Waals surface area contributed by atoms with Crippen LogP contribution in [-0.4, -0.2) is 49.2 Å². The van der Waals surface area contributed by atoms with Crippen LogP contribution in [0, 0.1) is 0 Å². The number of H-pyrrole nitrogens is 1. The summed E-state index contributed by atoms with van der Waals surface area (Å²) < 4.78 is 42.0. The highest BCUT2D eigenvalue weighted by atomic mass is 19.4. The number of aromatic amines is 1. The summed E-state index contributed by atoms with van der Waals surface area (Å²) in [7, 11) is 0. The minimum absolute atomic E-state index is 0.0330. The van der Waals surface area contributed by atoms with Gasteiger partial charge in [-0.05, 0) is 31.0 Å². The number of nitrogens with one attached hydrogen (secondary N) is 1. The van der Waals surface area contributed by atoms with Gasteiger partial charge in [-0.15, -0.1) is 0 Å². The largest absolute Gasteiger partial charge is 0.471 e. The number of pyridine rings is 1. The summed E-state index contributed by atoms with van der Waals surface area (Å²) >= 11 is 0. The molecule has 1 fully saturated rings. The monoisotopic (exact) mass is 392 g/mol. The van der Waals surface area contributed by atoms with Gasteiger partial charge < -0.3 is 9.42 Å². The fraction of sp³-hybridized carbons (Fsp3) is 0.353. The molecule has 0 aromatic carbocycles. The van der Waals surface area contributed by atoms with Gasteiger partial charge >= 0.3 is 12.1 Å². The number of piperidine rings is 1. The minimum Gasteiger partial charge on any atom is -0.337 e. The first-order chi connectivity index (χ1) is 13.4. The van der Waals surface area contributed by atoms with Gasteiger partial charge in [0.1, 0.15) is 5.69 Å². The van der Waals surface area contributed by atoms with E-state index in [9.17, 15) is 18.0 Å². The van der Waals surface area contributed by atoms with Crippen molar-refractivity contribution in [2.45, 2.75) is 24.9 Å². The van der Waals surface area contributed by atoms with Gasteiger partial charge in [0.05, 0.1) is 0 Å². The van der Waals surface area contributed by atoms with Gasteiger partial charge in [-0.25, -0.2) is 0 Å². The quantitative estimate of drug-likeness (QED) is 0.736. The summed E-state index contributed by atoms with van der Waals surface area (Å²) in [5.74, 6) is -1.66. The molecule has 0 unspecified atom stereocenters. The molecule has 0 radical (unpaired) electrons. The third-order valence-corrected chi connectivity index (χ3v) is 4.57. The Bertz CT molecular complexity index is 952. The SMILES string of the molecule is O=C(c1ccn[nH]1)N1CCC[C@H](c2ccc(-c3noc(C(F)(F)F)n3)cn2)C1. The van der Waals surface area contributed by atoms with Crippen molar-refractivity contribution in [2.24, 2.45) is 0 Å². The maximum Gasteiger partial charge on any atom is 0.471 e. The third kappa shape index (κ3) is 3.59. The molecule has 11 heteroatoms. The van der Waals surface area contributed by atoms with E-state index in [0.717, 1.165) is 18.5 Å². The number of alkyl halides is 3. The smallest absolute Gasteiger partial charge is 0.337 e. The second-order valence-corrected chi connectivity index (χ2v) is 6.45. The van der Waals surface area contributed by atoms with E-state index in [1.807, 2.05) is 0 Å². The number of amides is 1. The second kappa shape index (κ2) is 7.06. The number of carbonyl (C=O) groups is 1. The number of likely N-dealkylation sites (tertiary alicyclic amines) is 1. The summed E-state index contributed by atoms with van der Waals surface area (Å²) in [5, 5.41) is 9.81. The zero-order valence-corrected chi connectivity index (χ0v) is 14.5. The first-order valence-electron chi connectivity index (χ1n) is 8.57. The molecule has 3 aromatic rings. The lowest BCUT2D eigenvalue weighted by molar-refractivity contribution is -0.159. The van der Waals surface area contributed by atoms with E-state index >= 15 is 0 Å². The number of nitrogens with zero attached hydrogens (tertiary/aromatic N) is 5. The normalized spacial score (nSPS) is 17.7. The first kappa shape index (κ1) is 18.1. The van der Waals surface area contributed by atoms with E-state index in [2.05, 4.69) is 29.8 Å². The van der Waals surface area contributed by atoms with Crippen molar-refractivity contribution < 1.29 is 22.5 Å². The van der Waals surface area contributed by atoms with Crippen molar-refractivity contribution in [1.29, 1.82) is 0 Å². The number of rotatable bonds is 3. The van der Waals surface area contributed by atoms with E-state index in [0.29, 0.717) is 24.3 Å². The van der Waals surface area contributed by atoms with Crippen molar-refractivity contribution in [2.75, 3.05) is 13.1 Å². The lowest BCUT2D eigenvalue weighted by atomic mass is 9.94. The molecule has 1 aliphatic rings. The summed E-state index contributed by atoms with van der Waals surface area (Å²) in [4.78, 5) is 21.9. The second-order valence-electron chi connectivity index (χ2n) is 6.45. The van der Waals surface area contributed by atoms with Crippen LogP contribution in [0.25, 0.3) is 11.4 Å². The third-order valence-electron chi connectivity index (χ3n) is 4.57. The Morgan fingerprint density at radius 3 is 2.79 bits per heavy atom. The van der Waals surface area contributed by atoms with Crippen molar-refractivity contribution >= 4 is 5.91 Å². The van der Waals surface area contributed by atoms with Gasteiger partial charge in [0.2, 0.25) is 5.82 Å². The van der Waals surface area contributed by atoms with Crippen molar-refractivity contribution in [1.82, 2.24) is 30.2 Å². The van der Waals surface area contributed by atoms with Gasteiger partial charge in [0, 0.05) is 42.7 Å². The van der Waals surface area contributed by atoms with Crippen molar-refractivity contribution in [3.8, 4) is 11.4 Å². The lowest BCUT2D eigenvalue weighted by Crippen LogP contribution is -2.39. The fourth-order valence-corrected chi connectivity index (χ4v) is 3.18. The van der Waals surface area contributed by atoms with Crippen LogP contribution in [0.2, 0.25) is 0 Å². The molecular formula is C17H15F3N6O2. The van der Waals surface area contributed by atoms with Crippen molar-refractivity contribution in [3.05, 3.63) is 47.9 Å². The standard InChI is InChI=1S/C17H15F3N6O2/c18-17(19,20)16-23-14(25-28-16)10-3-4-12(21-8-10)11-2-1-7-26(9-11)15(27)13-5-6-22-24-13/h3-6,8,11H,1-2,7,9H2,(H,22,24)/t11-/m0/s1. The highest BCUT2D eigenvalue weighted by Crippen LogP contribution is 2.30.